The molecular formula is C6H14Br3PSi. The van der Waals surface area contributed by atoms with Gasteiger partial charge in [0, 0.05) is 0 Å². The van der Waals surface area contributed by atoms with E-state index in [2.05, 4.69) is 73.6 Å². The van der Waals surface area contributed by atoms with Crippen LogP contribution >= 0.6 is 53.3 Å². The summed E-state index contributed by atoms with van der Waals surface area (Å²) in [5.41, 5.74) is 1.57. The summed E-state index contributed by atoms with van der Waals surface area (Å²) in [6.07, 6.45) is 0. The summed E-state index contributed by atoms with van der Waals surface area (Å²) in [5, 5.41) is 0. The number of hydrogen-bond acceptors (Lipinski definition) is 0. The van der Waals surface area contributed by atoms with Gasteiger partial charge in [-0.15, -0.1) is 0 Å². The van der Waals surface area contributed by atoms with E-state index < -0.39 is 3.60 Å². The van der Waals surface area contributed by atoms with E-state index in [0.29, 0.717) is 0 Å². The molecule has 0 aromatic carbocycles. The van der Waals surface area contributed by atoms with E-state index in [1.807, 2.05) is 0 Å². The molecule has 0 heterocycles. The van der Waals surface area contributed by atoms with Crippen molar-refractivity contribution < 1.29 is 0 Å². The third-order valence-corrected chi connectivity index (χ3v) is 20.1. The highest BCUT2D eigenvalue weighted by atomic mass is 80.0. The predicted octanol–water partition coefficient (Wildman–Crippen LogP) is 4.91. The van der Waals surface area contributed by atoms with E-state index in [4.69, 9.17) is 0 Å². The molecule has 0 amide bonds. The fourth-order valence-electron chi connectivity index (χ4n) is 1.18. The van der Waals surface area contributed by atoms with Gasteiger partial charge in [0.25, 0.3) is 3.60 Å². The Morgan fingerprint density at radius 3 is 1.18 bits per heavy atom. The molecule has 0 saturated carbocycles. The topological polar surface area (TPSA) is 0 Å². The Kier molecular flexibility index (Phi) is 6.05. The summed E-state index contributed by atoms with van der Waals surface area (Å²) < 4.78 is -1.41. The predicted molar refractivity (Wildman–Crippen MR) is 69.7 cm³/mol. The second-order valence-electron chi connectivity index (χ2n) is 3.06. The molecule has 0 aromatic heterocycles. The molecule has 0 saturated heterocycles. The number of rotatable bonds is 3. The minimum Gasteiger partial charge on any atom is -0.0911 e. The fraction of sp³-hybridized carbons (Fsp3) is 1.00. The molecule has 0 atom stereocenters. The maximum atomic E-state index is 3.75. The third kappa shape index (κ3) is 4.75. The molecule has 11 heavy (non-hydrogen) atoms. The largest absolute Gasteiger partial charge is 0.291 e. The van der Waals surface area contributed by atoms with Gasteiger partial charge in [0.05, 0.1) is 0 Å². The second kappa shape index (κ2) is 5.09. The van der Waals surface area contributed by atoms with E-state index in [1.165, 1.54) is 0 Å². The van der Waals surface area contributed by atoms with Crippen LogP contribution in [0.4, 0.5) is 0 Å². The van der Waals surface area contributed by atoms with Crippen molar-refractivity contribution >= 4 is 56.9 Å². The Bertz CT molecular complexity index is 113. The van der Waals surface area contributed by atoms with Gasteiger partial charge in [-0.3, -0.25) is 0 Å². The Morgan fingerprint density at radius 2 is 1.18 bits per heavy atom. The lowest BCUT2D eigenvalue weighted by Gasteiger charge is -2.31. The molecule has 5 heteroatoms. The van der Waals surface area contributed by atoms with E-state index >= 15 is 0 Å². The van der Waals surface area contributed by atoms with Gasteiger partial charge < -0.3 is 0 Å². The van der Waals surface area contributed by atoms with Crippen LogP contribution in [0.15, 0.2) is 0 Å². The average molecular weight is 385 g/mol. The second-order valence-corrected chi connectivity index (χ2v) is 36.2. The Hall–Kier alpha value is 2.09. The van der Waals surface area contributed by atoms with Gasteiger partial charge in [-0.2, -0.15) is 0 Å². The maximum Gasteiger partial charge on any atom is 0.291 e. The standard InChI is InChI=1S/C6H14Br3PSi/c1-5(2)10(6(3)4)11(7,8)9/h5-6H,1-4H3. The molecule has 0 N–H and O–H groups in total. The summed E-state index contributed by atoms with van der Waals surface area (Å²) in [4.78, 5) is 0. The van der Waals surface area contributed by atoms with Gasteiger partial charge in [-0.05, 0) is 11.3 Å². The molecule has 0 radical (unpaired) electrons. The van der Waals surface area contributed by atoms with Crippen molar-refractivity contribution in [3.63, 3.8) is 0 Å². The molecule has 0 nitrogen and oxygen atoms in total. The van der Waals surface area contributed by atoms with E-state index in [1.54, 1.807) is 0 Å². The number of halogens is 3. The van der Waals surface area contributed by atoms with E-state index in [-0.39, 0.29) is 7.47 Å². The van der Waals surface area contributed by atoms with Crippen molar-refractivity contribution in [2.75, 3.05) is 0 Å². The molecular weight excluding hydrogens is 371 g/mol. The third-order valence-electron chi connectivity index (χ3n) is 1.41. The molecule has 0 aliphatic carbocycles. The summed E-state index contributed by atoms with van der Waals surface area (Å²) in [6, 6.07) is 0. The lowest BCUT2D eigenvalue weighted by atomic mass is 10.5. The Morgan fingerprint density at radius 1 is 0.909 bits per heavy atom. The molecule has 0 aromatic rings. The van der Waals surface area contributed by atoms with Gasteiger partial charge in [-0.25, -0.2) is 0 Å². The molecule has 0 bridgehead atoms. The van der Waals surface area contributed by atoms with Crippen molar-refractivity contribution in [1.82, 2.24) is 0 Å². The van der Waals surface area contributed by atoms with E-state index in [9.17, 15) is 0 Å². The van der Waals surface area contributed by atoms with Crippen LogP contribution in [-0.2, 0) is 0 Å². The Balaban J connectivity index is 4.35. The first kappa shape index (κ1) is 13.1. The first-order valence-electron chi connectivity index (χ1n) is 3.62. The Labute approximate surface area is 95.2 Å². The fourth-order valence-corrected chi connectivity index (χ4v) is 29.2. The van der Waals surface area contributed by atoms with Gasteiger partial charge in [0.1, 0.15) is 0 Å². The van der Waals surface area contributed by atoms with Crippen LogP contribution < -0.4 is 0 Å². The van der Waals surface area contributed by atoms with Gasteiger partial charge >= 0.3 is 0 Å². The smallest absolute Gasteiger partial charge is 0.0911 e. The maximum absolute atomic E-state index is 3.75. The van der Waals surface area contributed by atoms with Crippen molar-refractivity contribution in [2.24, 2.45) is 0 Å². The first-order chi connectivity index (χ1) is 4.76. The zero-order valence-corrected chi connectivity index (χ0v) is 13.9. The minimum atomic E-state index is -1.41. The summed E-state index contributed by atoms with van der Waals surface area (Å²) in [7, 11) is 0.0692. The highest BCUT2D eigenvalue weighted by molar-refractivity contribution is 9.76. The van der Waals surface area contributed by atoms with Gasteiger partial charge in [-0.1, -0.05) is 81.0 Å². The van der Waals surface area contributed by atoms with Crippen LogP contribution in [0.2, 0.25) is 0 Å². The summed E-state index contributed by atoms with van der Waals surface area (Å²) >= 11 is 11.2. The van der Waals surface area contributed by atoms with Crippen LogP contribution in [-0.4, -0.2) is 14.9 Å². The highest BCUT2D eigenvalue weighted by Gasteiger charge is 2.37. The van der Waals surface area contributed by atoms with Crippen LogP contribution in [0.5, 0.6) is 0 Å². The molecule has 68 valence electrons. The lowest BCUT2D eigenvalue weighted by Crippen LogP contribution is -2.18. The van der Waals surface area contributed by atoms with Crippen LogP contribution in [0.25, 0.3) is 0 Å². The lowest BCUT2D eigenvalue weighted by molar-refractivity contribution is 1.03. The molecule has 0 rings (SSSR count). The molecule has 0 unspecified atom stereocenters. The van der Waals surface area contributed by atoms with Gasteiger partial charge in [0.15, 0.2) is 0 Å². The zero-order chi connectivity index (χ0) is 9.23. The van der Waals surface area contributed by atoms with Crippen molar-refractivity contribution in [3.05, 3.63) is 0 Å². The van der Waals surface area contributed by atoms with Crippen LogP contribution in [0.3, 0.4) is 0 Å². The molecule has 0 fully saturated rings. The SMILES string of the molecule is CC(C)P(C(C)C)[Si](Br)(Br)Br. The number of hydrogen-bond donors (Lipinski definition) is 0. The summed E-state index contributed by atoms with van der Waals surface area (Å²) in [6.45, 7) is 9.21. The minimum absolute atomic E-state index is 0.0692. The highest BCUT2D eigenvalue weighted by Crippen LogP contribution is 2.62. The first-order valence-corrected chi connectivity index (χ1v) is 14.7. The van der Waals surface area contributed by atoms with Crippen molar-refractivity contribution in [1.29, 1.82) is 0 Å². The monoisotopic (exact) mass is 382 g/mol. The molecule has 0 spiro atoms. The van der Waals surface area contributed by atoms with Gasteiger partial charge in [0.2, 0.25) is 0 Å². The van der Waals surface area contributed by atoms with Crippen molar-refractivity contribution in [3.8, 4) is 0 Å². The molecule has 0 aliphatic heterocycles. The van der Waals surface area contributed by atoms with Crippen LogP contribution in [0.1, 0.15) is 27.7 Å². The van der Waals surface area contributed by atoms with Crippen LogP contribution in [0, 0.1) is 0 Å². The zero-order valence-electron chi connectivity index (χ0n) is 7.24. The average Bonchev–Trinajstić information content (AvgIpc) is 1.54. The summed E-state index contributed by atoms with van der Waals surface area (Å²) in [5.74, 6) is 0. The molecule has 0 aliphatic rings. The quantitative estimate of drug-likeness (QED) is 0.368. The van der Waals surface area contributed by atoms with E-state index in [0.717, 1.165) is 11.3 Å². The van der Waals surface area contributed by atoms with Crippen molar-refractivity contribution in [2.45, 2.75) is 39.0 Å². The normalized spacial score (nSPS) is 13.6.